The van der Waals surface area contributed by atoms with Crippen molar-refractivity contribution in [3.05, 3.63) is 0 Å². The van der Waals surface area contributed by atoms with Crippen LogP contribution in [0.5, 0.6) is 0 Å². The highest BCUT2D eigenvalue weighted by atomic mass is 16.5. The van der Waals surface area contributed by atoms with E-state index in [-0.39, 0.29) is 16.7 Å². The number of hydrogen-bond donors (Lipinski definition) is 3. The highest BCUT2D eigenvalue weighted by Crippen LogP contribution is 2.94. The largest absolute Gasteiger partial charge is 0.395 e. The molecule has 0 bridgehead atoms. The zero-order chi connectivity index (χ0) is 10.4. The van der Waals surface area contributed by atoms with Crippen LogP contribution in [0.15, 0.2) is 0 Å². The number of aliphatic hydroxyl groups is 3. The van der Waals surface area contributed by atoms with E-state index in [2.05, 4.69) is 0 Å². The number of hydrogen-bond acceptors (Lipinski definition) is 3. The number of rotatable bonds is 2. The van der Waals surface area contributed by atoms with E-state index in [1.54, 1.807) is 0 Å². The van der Waals surface area contributed by atoms with E-state index in [0.717, 1.165) is 25.7 Å². The van der Waals surface area contributed by atoms with Gasteiger partial charge in [-0.3, -0.25) is 0 Å². The van der Waals surface area contributed by atoms with Crippen LogP contribution >= 0.6 is 0 Å². The molecule has 3 fully saturated rings. The molecule has 4 radical (unpaired) electrons. The Morgan fingerprint density at radius 1 is 0.929 bits per heavy atom. The SMILES string of the molecule is [B]C(O)(O)C([B])(O)C1C2(CC2)C12CC2. The summed E-state index contributed by atoms with van der Waals surface area (Å²) in [4.78, 5) is 0. The lowest BCUT2D eigenvalue weighted by Crippen LogP contribution is -2.58. The average molecular weight is 190 g/mol. The number of fused-ring (bicyclic) bond motifs is 1. The standard InChI is InChI=1S/C9H12B2O3/c10-8(12,9(11,13)14)5-6(1-2-6)7(5)3-4-7/h5,12-14H,1-4H2. The summed E-state index contributed by atoms with van der Waals surface area (Å²) in [6, 6.07) is 0. The van der Waals surface area contributed by atoms with E-state index >= 15 is 0 Å². The molecule has 1 atom stereocenters. The van der Waals surface area contributed by atoms with E-state index in [1.807, 2.05) is 0 Å². The van der Waals surface area contributed by atoms with Crippen molar-refractivity contribution in [3.63, 3.8) is 0 Å². The molecular weight excluding hydrogens is 178 g/mol. The van der Waals surface area contributed by atoms with E-state index in [1.165, 1.54) is 0 Å². The minimum Gasteiger partial charge on any atom is -0.395 e. The van der Waals surface area contributed by atoms with Gasteiger partial charge in [0.15, 0.2) is 7.85 Å². The van der Waals surface area contributed by atoms with Gasteiger partial charge in [-0.15, -0.1) is 0 Å². The molecule has 72 valence electrons. The Labute approximate surface area is 85.3 Å². The summed E-state index contributed by atoms with van der Waals surface area (Å²) in [6.45, 7) is 0. The molecule has 0 heterocycles. The average Bonchev–Trinajstić information content (AvgIpc) is 2.79. The lowest BCUT2D eigenvalue weighted by Gasteiger charge is -2.36. The quantitative estimate of drug-likeness (QED) is 0.380. The molecule has 3 nitrogen and oxygen atoms in total. The first-order chi connectivity index (χ1) is 6.28. The molecule has 3 aliphatic rings. The Balaban J connectivity index is 1.91. The first-order valence-corrected chi connectivity index (χ1v) is 5.03. The summed E-state index contributed by atoms with van der Waals surface area (Å²) in [5.41, 5.74) is -4.58. The lowest BCUT2D eigenvalue weighted by atomic mass is 9.62. The summed E-state index contributed by atoms with van der Waals surface area (Å²) in [5, 5.41) is 28.4. The molecule has 0 aromatic rings. The molecule has 0 amide bonds. The summed E-state index contributed by atoms with van der Waals surface area (Å²) in [6.07, 6.45) is 4.14. The Bertz CT molecular complexity index is 282. The fourth-order valence-corrected chi connectivity index (χ4v) is 3.64. The predicted molar refractivity (Wildman–Crippen MR) is 50.5 cm³/mol. The van der Waals surface area contributed by atoms with Crippen LogP contribution in [0.2, 0.25) is 0 Å². The second kappa shape index (κ2) is 1.95. The molecule has 5 heteroatoms. The molecule has 0 aromatic carbocycles. The Morgan fingerprint density at radius 3 is 1.50 bits per heavy atom. The van der Waals surface area contributed by atoms with Gasteiger partial charge in [-0.05, 0) is 42.4 Å². The van der Waals surface area contributed by atoms with Crippen molar-refractivity contribution < 1.29 is 15.3 Å². The molecule has 3 rings (SSSR count). The molecule has 1 unspecified atom stereocenters. The van der Waals surface area contributed by atoms with Crippen LogP contribution in [0.25, 0.3) is 0 Å². The molecule has 3 N–H and O–H groups in total. The zero-order valence-corrected chi connectivity index (χ0v) is 7.90. The summed E-state index contributed by atoms with van der Waals surface area (Å²) >= 11 is 0. The third-order valence-electron chi connectivity index (χ3n) is 4.62. The first-order valence-electron chi connectivity index (χ1n) is 5.03. The molecule has 0 aromatic heterocycles. The maximum Gasteiger partial charge on any atom is 0.156 e. The van der Waals surface area contributed by atoms with Crippen molar-refractivity contribution in [3.8, 4) is 0 Å². The third-order valence-corrected chi connectivity index (χ3v) is 4.62. The Hall–Kier alpha value is 0.00987. The van der Waals surface area contributed by atoms with Crippen molar-refractivity contribution in [2.24, 2.45) is 16.7 Å². The first kappa shape index (κ1) is 9.25. The summed E-state index contributed by atoms with van der Waals surface area (Å²) < 4.78 is 0. The van der Waals surface area contributed by atoms with Gasteiger partial charge in [-0.1, -0.05) is 0 Å². The Morgan fingerprint density at radius 2 is 1.29 bits per heavy atom. The van der Waals surface area contributed by atoms with Crippen molar-refractivity contribution in [1.82, 2.24) is 0 Å². The summed E-state index contributed by atoms with van der Waals surface area (Å²) in [7, 11) is 10.6. The fraction of sp³-hybridized carbons (Fsp3) is 1.00. The van der Waals surface area contributed by atoms with Crippen molar-refractivity contribution in [2.75, 3.05) is 0 Å². The van der Waals surface area contributed by atoms with Gasteiger partial charge in [-0.2, -0.15) is 0 Å². The minimum absolute atomic E-state index is 0.0899. The van der Waals surface area contributed by atoms with Gasteiger partial charge in [0.2, 0.25) is 0 Å². The van der Waals surface area contributed by atoms with Gasteiger partial charge in [-0.25, -0.2) is 0 Å². The van der Waals surface area contributed by atoms with Crippen LogP contribution in [0, 0.1) is 16.7 Å². The minimum atomic E-state index is -2.70. The van der Waals surface area contributed by atoms with Crippen LogP contribution in [-0.2, 0) is 0 Å². The Kier molecular flexibility index (Phi) is 1.29. The maximum absolute atomic E-state index is 9.89. The van der Waals surface area contributed by atoms with Crippen molar-refractivity contribution >= 4 is 15.7 Å². The van der Waals surface area contributed by atoms with Gasteiger partial charge in [0.25, 0.3) is 0 Å². The molecule has 0 saturated heterocycles. The highest BCUT2D eigenvalue weighted by Gasteiger charge is 2.90. The monoisotopic (exact) mass is 190 g/mol. The van der Waals surface area contributed by atoms with E-state index in [0.29, 0.717) is 0 Å². The van der Waals surface area contributed by atoms with Crippen LogP contribution < -0.4 is 0 Å². The molecule has 3 saturated carbocycles. The van der Waals surface area contributed by atoms with Gasteiger partial charge in [0, 0.05) is 0 Å². The maximum atomic E-state index is 9.89. The fourth-order valence-electron chi connectivity index (χ4n) is 3.64. The van der Waals surface area contributed by atoms with Crippen LogP contribution in [0.3, 0.4) is 0 Å². The normalized spacial score (nSPS) is 39.5. The molecule has 2 spiro atoms. The summed E-state index contributed by atoms with van der Waals surface area (Å²) in [5.74, 6) is -0.234. The van der Waals surface area contributed by atoms with Gasteiger partial charge < -0.3 is 15.3 Å². The topological polar surface area (TPSA) is 60.7 Å². The van der Waals surface area contributed by atoms with Crippen molar-refractivity contribution in [1.29, 1.82) is 0 Å². The van der Waals surface area contributed by atoms with Crippen LogP contribution in [0.1, 0.15) is 25.7 Å². The lowest BCUT2D eigenvalue weighted by molar-refractivity contribution is -0.192. The predicted octanol–water partition coefficient (Wildman–Crippen LogP) is -1.16. The van der Waals surface area contributed by atoms with Gasteiger partial charge in [0.05, 0.1) is 5.50 Å². The van der Waals surface area contributed by atoms with E-state index < -0.39 is 11.2 Å². The molecule has 14 heavy (non-hydrogen) atoms. The zero-order valence-electron chi connectivity index (χ0n) is 7.90. The second-order valence-corrected chi connectivity index (χ2v) is 5.30. The highest BCUT2D eigenvalue weighted by molar-refractivity contribution is 6.24. The smallest absolute Gasteiger partial charge is 0.156 e. The van der Waals surface area contributed by atoms with Crippen LogP contribution in [-0.4, -0.2) is 42.2 Å². The van der Waals surface area contributed by atoms with Gasteiger partial charge >= 0.3 is 0 Å². The van der Waals surface area contributed by atoms with E-state index in [9.17, 15) is 15.3 Å². The second-order valence-electron chi connectivity index (χ2n) is 5.30. The van der Waals surface area contributed by atoms with Gasteiger partial charge in [0.1, 0.15) is 13.5 Å². The molecule has 3 aliphatic carbocycles. The molecule has 0 aliphatic heterocycles. The molecular formula is C9H12B2O3. The van der Waals surface area contributed by atoms with E-state index in [4.69, 9.17) is 15.7 Å². The van der Waals surface area contributed by atoms with Crippen LogP contribution in [0.4, 0.5) is 0 Å². The van der Waals surface area contributed by atoms with Crippen molar-refractivity contribution in [2.45, 2.75) is 36.9 Å². The third kappa shape index (κ3) is 0.752.